The first kappa shape index (κ1) is 11.0. The highest BCUT2D eigenvalue weighted by atomic mass is 16.2. The van der Waals surface area contributed by atoms with Gasteiger partial charge in [0.05, 0.1) is 0 Å². The fraction of sp³-hybridized carbons (Fsp3) is 0.778. The van der Waals surface area contributed by atoms with Crippen LogP contribution >= 0.6 is 0 Å². The minimum absolute atomic E-state index is 0.0791. The third-order valence-corrected chi connectivity index (χ3v) is 2.64. The van der Waals surface area contributed by atoms with E-state index in [4.69, 9.17) is 5.73 Å². The van der Waals surface area contributed by atoms with Crippen LogP contribution in [0.1, 0.15) is 13.8 Å². The first-order chi connectivity index (χ1) is 6.56. The average Bonchev–Trinajstić information content (AvgIpc) is 2.16. The van der Waals surface area contributed by atoms with Crippen LogP contribution in [-0.4, -0.2) is 53.8 Å². The van der Waals surface area contributed by atoms with Crippen molar-refractivity contribution in [3.63, 3.8) is 0 Å². The molecule has 1 fully saturated rings. The highest BCUT2D eigenvalue weighted by Gasteiger charge is 2.31. The summed E-state index contributed by atoms with van der Waals surface area (Å²) in [6, 6.07) is -0.457. The van der Waals surface area contributed by atoms with Gasteiger partial charge >= 0.3 is 0 Å². The molecule has 2 N–H and O–H groups in total. The van der Waals surface area contributed by atoms with Crippen molar-refractivity contribution in [2.75, 3.05) is 26.2 Å². The third-order valence-electron chi connectivity index (χ3n) is 2.64. The quantitative estimate of drug-likeness (QED) is 0.622. The molecule has 0 bridgehead atoms. The van der Waals surface area contributed by atoms with E-state index in [1.807, 2.05) is 6.92 Å². The van der Waals surface area contributed by atoms with Crippen molar-refractivity contribution in [3.05, 3.63) is 0 Å². The van der Waals surface area contributed by atoms with Crippen LogP contribution in [-0.2, 0) is 9.59 Å². The van der Waals surface area contributed by atoms with Crippen LogP contribution in [0.15, 0.2) is 0 Å². The average molecular weight is 199 g/mol. The van der Waals surface area contributed by atoms with Gasteiger partial charge in [-0.05, 0) is 6.54 Å². The predicted molar refractivity (Wildman–Crippen MR) is 52.5 cm³/mol. The molecular formula is C9H17N3O2. The van der Waals surface area contributed by atoms with Gasteiger partial charge in [-0.15, -0.1) is 0 Å². The molecule has 1 aliphatic rings. The normalized spacial score (nSPS) is 23.6. The molecule has 0 aromatic carbocycles. The van der Waals surface area contributed by atoms with Gasteiger partial charge in [0, 0.05) is 26.6 Å². The molecule has 0 spiro atoms. The molecule has 1 aliphatic heterocycles. The van der Waals surface area contributed by atoms with E-state index in [9.17, 15) is 9.59 Å². The largest absolute Gasteiger partial charge is 0.368 e. The first-order valence-electron chi connectivity index (χ1n) is 4.85. The molecule has 0 aliphatic carbocycles. The molecule has 1 rings (SSSR count). The van der Waals surface area contributed by atoms with Crippen LogP contribution in [0.5, 0.6) is 0 Å². The van der Waals surface area contributed by atoms with E-state index < -0.39 is 11.9 Å². The molecule has 1 saturated heterocycles. The Morgan fingerprint density at radius 3 is 2.50 bits per heavy atom. The van der Waals surface area contributed by atoms with Gasteiger partial charge in [0.2, 0.25) is 11.8 Å². The summed E-state index contributed by atoms with van der Waals surface area (Å²) < 4.78 is 0. The number of piperazine rings is 1. The predicted octanol–water partition coefficient (Wildman–Crippen LogP) is -0.976. The van der Waals surface area contributed by atoms with Crippen LogP contribution < -0.4 is 5.73 Å². The lowest BCUT2D eigenvalue weighted by Crippen LogP contribution is -2.59. The molecule has 1 atom stereocenters. The van der Waals surface area contributed by atoms with Gasteiger partial charge < -0.3 is 10.6 Å². The van der Waals surface area contributed by atoms with Gasteiger partial charge in [-0.2, -0.15) is 0 Å². The number of likely N-dealkylation sites (N-methyl/N-ethyl adjacent to an activating group) is 1. The molecule has 0 unspecified atom stereocenters. The van der Waals surface area contributed by atoms with Gasteiger partial charge in [0.15, 0.2) is 0 Å². The van der Waals surface area contributed by atoms with Crippen LogP contribution in [0.4, 0.5) is 0 Å². The minimum Gasteiger partial charge on any atom is -0.368 e. The van der Waals surface area contributed by atoms with Crippen molar-refractivity contribution in [1.29, 1.82) is 0 Å². The molecule has 1 heterocycles. The Kier molecular flexibility index (Phi) is 3.46. The lowest BCUT2D eigenvalue weighted by Gasteiger charge is -2.38. The minimum atomic E-state index is -0.457. The maximum absolute atomic E-state index is 11.2. The summed E-state index contributed by atoms with van der Waals surface area (Å²) in [4.78, 5) is 26.0. The molecule has 80 valence electrons. The van der Waals surface area contributed by atoms with Crippen LogP contribution in [0.25, 0.3) is 0 Å². The number of nitrogens with two attached hydrogens (primary N) is 1. The van der Waals surface area contributed by atoms with Crippen LogP contribution in [0.2, 0.25) is 0 Å². The highest BCUT2D eigenvalue weighted by Crippen LogP contribution is 2.09. The van der Waals surface area contributed by atoms with Gasteiger partial charge in [-0.25, -0.2) is 0 Å². The van der Waals surface area contributed by atoms with Crippen molar-refractivity contribution in [1.82, 2.24) is 9.80 Å². The Balaban J connectivity index is 2.70. The van der Waals surface area contributed by atoms with E-state index in [2.05, 4.69) is 4.90 Å². The monoisotopic (exact) mass is 199 g/mol. The van der Waals surface area contributed by atoms with Gasteiger partial charge in [0.1, 0.15) is 6.04 Å². The van der Waals surface area contributed by atoms with Crippen molar-refractivity contribution in [2.24, 2.45) is 5.73 Å². The summed E-state index contributed by atoms with van der Waals surface area (Å²) in [5.41, 5.74) is 5.25. The van der Waals surface area contributed by atoms with Crippen molar-refractivity contribution in [2.45, 2.75) is 19.9 Å². The highest BCUT2D eigenvalue weighted by molar-refractivity contribution is 5.86. The number of hydrogen-bond donors (Lipinski definition) is 1. The maximum atomic E-state index is 11.2. The number of amides is 2. The zero-order valence-electron chi connectivity index (χ0n) is 8.69. The second-order valence-corrected chi connectivity index (χ2v) is 3.52. The molecule has 0 radical (unpaired) electrons. The SMILES string of the molecule is CCN1CCN(C(C)=O)[C@H](C(N)=O)C1. The second-order valence-electron chi connectivity index (χ2n) is 3.52. The maximum Gasteiger partial charge on any atom is 0.241 e. The Morgan fingerprint density at radius 1 is 1.43 bits per heavy atom. The first-order valence-corrected chi connectivity index (χ1v) is 4.85. The number of carbonyl (C=O) groups excluding carboxylic acids is 2. The Bertz CT molecular complexity index is 242. The van der Waals surface area contributed by atoms with E-state index in [0.29, 0.717) is 13.1 Å². The number of carbonyl (C=O) groups is 2. The summed E-state index contributed by atoms with van der Waals surface area (Å²) in [6.07, 6.45) is 0. The standard InChI is InChI=1S/C9H17N3O2/c1-3-11-4-5-12(7(2)13)8(6-11)9(10)14/h8H,3-6H2,1-2H3,(H2,10,14)/t8-/m0/s1. The molecule has 0 saturated carbocycles. The van der Waals surface area contributed by atoms with Crippen molar-refractivity contribution >= 4 is 11.8 Å². The number of rotatable bonds is 2. The van der Waals surface area contributed by atoms with E-state index >= 15 is 0 Å². The fourth-order valence-electron chi connectivity index (χ4n) is 1.75. The van der Waals surface area contributed by atoms with E-state index in [1.54, 1.807) is 4.90 Å². The van der Waals surface area contributed by atoms with E-state index in [0.717, 1.165) is 13.1 Å². The molecule has 0 aromatic heterocycles. The molecular weight excluding hydrogens is 182 g/mol. The lowest BCUT2D eigenvalue weighted by atomic mass is 10.1. The molecule has 2 amide bonds. The van der Waals surface area contributed by atoms with Crippen LogP contribution in [0, 0.1) is 0 Å². The smallest absolute Gasteiger partial charge is 0.241 e. The zero-order valence-corrected chi connectivity index (χ0v) is 8.69. The molecule has 14 heavy (non-hydrogen) atoms. The summed E-state index contributed by atoms with van der Waals surface area (Å²) in [6.45, 7) is 6.36. The zero-order chi connectivity index (χ0) is 10.7. The van der Waals surface area contributed by atoms with E-state index in [-0.39, 0.29) is 5.91 Å². The Hall–Kier alpha value is -1.10. The summed E-state index contributed by atoms with van der Waals surface area (Å²) >= 11 is 0. The summed E-state index contributed by atoms with van der Waals surface area (Å²) in [7, 11) is 0. The molecule has 0 aromatic rings. The third kappa shape index (κ3) is 2.23. The fourth-order valence-corrected chi connectivity index (χ4v) is 1.75. The molecule has 5 nitrogen and oxygen atoms in total. The van der Waals surface area contributed by atoms with Crippen molar-refractivity contribution in [3.8, 4) is 0 Å². The topological polar surface area (TPSA) is 66.6 Å². The van der Waals surface area contributed by atoms with Gasteiger partial charge in [0.25, 0.3) is 0 Å². The number of nitrogens with zero attached hydrogens (tertiary/aromatic N) is 2. The number of primary amides is 1. The van der Waals surface area contributed by atoms with Crippen LogP contribution in [0.3, 0.4) is 0 Å². The van der Waals surface area contributed by atoms with Gasteiger partial charge in [-0.3, -0.25) is 14.5 Å². The Morgan fingerprint density at radius 2 is 2.07 bits per heavy atom. The van der Waals surface area contributed by atoms with Crippen molar-refractivity contribution < 1.29 is 9.59 Å². The summed E-state index contributed by atoms with van der Waals surface area (Å²) in [5, 5.41) is 0. The lowest BCUT2D eigenvalue weighted by molar-refractivity contribution is -0.140. The Labute approximate surface area is 83.8 Å². The second kappa shape index (κ2) is 4.41. The van der Waals surface area contributed by atoms with Gasteiger partial charge in [-0.1, -0.05) is 6.92 Å². The number of hydrogen-bond acceptors (Lipinski definition) is 3. The summed E-state index contributed by atoms with van der Waals surface area (Å²) in [5.74, 6) is -0.497. The van der Waals surface area contributed by atoms with E-state index in [1.165, 1.54) is 6.92 Å². The molecule has 5 heteroatoms.